The number of nitrogens with zero attached hydrogens (tertiary/aromatic N) is 2. The Labute approximate surface area is 161 Å². The number of aliphatic hydroxyl groups is 3. The Morgan fingerprint density at radius 1 is 1.21 bits per heavy atom. The summed E-state index contributed by atoms with van der Waals surface area (Å²) < 4.78 is 1.90. The highest BCUT2D eigenvalue weighted by Crippen LogP contribution is 2.39. The third-order valence-corrected chi connectivity index (χ3v) is 5.93. The number of aliphatic hydroxyl groups excluding tert-OH is 2. The second-order valence-electron chi connectivity index (χ2n) is 7.80. The van der Waals surface area contributed by atoms with Crippen LogP contribution in [-0.2, 0) is 0 Å². The van der Waals surface area contributed by atoms with Crippen LogP contribution >= 0.6 is 0 Å². The predicted molar refractivity (Wildman–Crippen MR) is 103 cm³/mol. The van der Waals surface area contributed by atoms with E-state index in [1.807, 2.05) is 16.4 Å². The maximum absolute atomic E-state index is 12.7. The Balaban J connectivity index is 1.85. The lowest BCUT2D eigenvalue weighted by atomic mass is 9.93. The number of aromatic nitrogens is 1. The Bertz CT molecular complexity index is 994. The van der Waals surface area contributed by atoms with Crippen LogP contribution in [0.4, 0.5) is 5.69 Å². The minimum atomic E-state index is -1.61. The zero-order chi connectivity index (χ0) is 20.2. The molecular weight excluding hydrogens is 364 g/mol. The van der Waals surface area contributed by atoms with Gasteiger partial charge in [0.1, 0.15) is 5.56 Å². The molecule has 2 unspecified atom stereocenters. The van der Waals surface area contributed by atoms with Crippen LogP contribution < -0.4 is 10.3 Å². The number of carboxylic acid groups (broad SMARTS) is 1. The van der Waals surface area contributed by atoms with Crippen LogP contribution in [0.5, 0.6) is 0 Å². The summed E-state index contributed by atoms with van der Waals surface area (Å²) in [5, 5.41) is 38.9. The molecule has 28 heavy (non-hydrogen) atoms. The molecule has 1 aliphatic heterocycles. The van der Waals surface area contributed by atoms with Crippen molar-refractivity contribution in [3.63, 3.8) is 0 Å². The molecule has 2 aliphatic rings. The second kappa shape index (κ2) is 6.88. The van der Waals surface area contributed by atoms with Crippen molar-refractivity contribution in [3.8, 4) is 0 Å². The van der Waals surface area contributed by atoms with Crippen LogP contribution in [0.1, 0.15) is 41.2 Å². The number of pyridine rings is 1. The van der Waals surface area contributed by atoms with Crippen molar-refractivity contribution in [1.29, 1.82) is 0 Å². The number of rotatable bonds is 4. The van der Waals surface area contributed by atoms with Gasteiger partial charge in [0, 0.05) is 36.4 Å². The number of hydrogen-bond acceptors (Lipinski definition) is 6. The van der Waals surface area contributed by atoms with Crippen molar-refractivity contribution in [3.05, 3.63) is 39.7 Å². The topological polar surface area (TPSA) is 123 Å². The summed E-state index contributed by atoms with van der Waals surface area (Å²) in [4.78, 5) is 26.2. The molecule has 0 spiro atoms. The molecule has 150 valence electrons. The third kappa shape index (κ3) is 3.07. The van der Waals surface area contributed by atoms with E-state index in [0.29, 0.717) is 18.4 Å². The van der Waals surface area contributed by atoms with Crippen LogP contribution in [0.3, 0.4) is 0 Å². The monoisotopic (exact) mass is 388 g/mol. The summed E-state index contributed by atoms with van der Waals surface area (Å²) in [6, 6.07) is 3.62. The minimum Gasteiger partial charge on any atom is -0.477 e. The summed E-state index contributed by atoms with van der Waals surface area (Å²) >= 11 is 0. The maximum Gasteiger partial charge on any atom is 0.341 e. The van der Waals surface area contributed by atoms with Crippen LogP contribution in [0, 0.1) is 12.8 Å². The number of piperidine rings is 1. The first-order valence-electron chi connectivity index (χ1n) is 9.50. The molecule has 8 heteroatoms. The fraction of sp³-hybridized carbons (Fsp3) is 0.500. The molecule has 2 fully saturated rings. The quantitative estimate of drug-likeness (QED) is 0.572. The summed E-state index contributed by atoms with van der Waals surface area (Å²) in [6.45, 7) is 2.73. The Kier molecular flexibility index (Phi) is 4.65. The molecule has 1 saturated heterocycles. The van der Waals surface area contributed by atoms with Crippen molar-refractivity contribution in [2.75, 3.05) is 18.0 Å². The lowest BCUT2D eigenvalue weighted by molar-refractivity contribution is -0.120. The first-order valence-corrected chi connectivity index (χ1v) is 9.50. The molecule has 2 atom stereocenters. The summed E-state index contributed by atoms with van der Waals surface area (Å²) in [6.07, 6.45) is 1.35. The van der Waals surface area contributed by atoms with Gasteiger partial charge in [-0.1, -0.05) is 0 Å². The number of carboxylic acids is 1. The molecule has 0 radical (unpaired) electrons. The number of aryl methyl sites for hydroxylation is 1. The number of benzene rings is 1. The lowest BCUT2D eigenvalue weighted by Crippen LogP contribution is -2.48. The Morgan fingerprint density at radius 3 is 2.54 bits per heavy atom. The molecule has 0 amide bonds. The van der Waals surface area contributed by atoms with E-state index in [1.54, 1.807) is 12.1 Å². The highest BCUT2D eigenvalue weighted by atomic mass is 16.5. The van der Waals surface area contributed by atoms with Gasteiger partial charge >= 0.3 is 5.97 Å². The molecule has 4 N–H and O–H groups in total. The number of carbonyl (C=O) groups is 1. The van der Waals surface area contributed by atoms with Crippen LogP contribution in [0.2, 0.25) is 0 Å². The van der Waals surface area contributed by atoms with Crippen molar-refractivity contribution in [2.24, 2.45) is 5.92 Å². The minimum absolute atomic E-state index is 0.186. The van der Waals surface area contributed by atoms with E-state index >= 15 is 0 Å². The molecule has 2 aromatic rings. The molecule has 0 bridgehead atoms. The number of aromatic carboxylic acids is 1. The van der Waals surface area contributed by atoms with Gasteiger partial charge < -0.3 is 29.9 Å². The van der Waals surface area contributed by atoms with Gasteiger partial charge in [0.25, 0.3) is 0 Å². The smallest absolute Gasteiger partial charge is 0.341 e. The third-order valence-electron chi connectivity index (χ3n) is 5.93. The van der Waals surface area contributed by atoms with Gasteiger partial charge in [-0.15, -0.1) is 0 Å². The second-order valence-corrected chi connectivity index (χ2v) is 7.80. The van der Waals surface area contributed by atoms with E-state index in [2.05, 4.69) is 0 Å². The van der Waals surface area contributed by atoms with Gasteiger partial charge in [0.2, 0.25) is 5.43 Å². The number of anilines is 1. The first kappa shape index (κ1) is 18.9. The largest absolute Gasteiger partial charge is 0.477 e. The highest BCUT2D eigenvalue weighted by molar-refractivity contribution is 5.95. The molecule has 4 rings (SSSR count). The molecule has 1 aliphatic carbocycles. The van der Waals surface area contributed by atoms with Crippen molar-refractivity contribution in [2.45, 2.75) is 44.6 Å². The molecule has 1 aromatic carbocycles. The van der Waals surface area contributed by atoms with Crippen molar-refractivity contribution < 1.29 is 25.2 Å². The SMILES string of the molecule is Cc1c(N2CCC(O)C(C(O)O)C2)ccc2c(=O)c(C(=O)O)cn(C3CC3)c12. The summed E-state index contributed by atoms with van der Waals surface area (Å²) in [5.74, 6) is -1.91. The van der Waals surface area contributed by atoms with Gasteiger partial charge in [-0.25, -0.2) is 4.79 Å². The van der Waals surface area contributed by atoms with E-state index in [-0.39, 0.29) is 18.2 Å². The van der Waals surface area contributed by atoms with Crippen LogP contribution in [0.25, 0.3) is 10.9 Å². The molecular formula is C20H24N2O6. The van der Waals surface area contributed by atoms with Crippen molar-refractivity contribution in [1.82, 2.24) is 4.57 Å². The first-order chi connectivity index (χ1) is 13.3. The van der Waals surface area contributed by atoms with Gasteiger partial charge in [0.15, 0.2) is 6.29 Å². The number of hydrogen-bond donors (Lipinski definition) is 4. The normalized spacial score (nSPS) is 22.8. The van der Waals surface area contributed by atoms with E-state index in [1.165, 1.54) is 6.20 Å². The Hall–Kier alpha value is -2.42. The highest BCUT2D eigenvalue weighted by Gasteiger charge is 2.34. The fourth-order valence-electron chi connectivity index (χ4n) is 4.23. The van der Waals surface area contributed by atoms with Gasteiger partial charge in [0.05, 0.1) is 17.5 Å². The molecule has 1 saturated carbocycles. The van der Waals surface area contributed by atoms with Crippen LogP contribution in [-0.4, -0.2) is 56.4 Å². The predicted octanol–water partition coefficient (Wildman–Crippen LogP) is 0.841. The van der Waals surface area contributed by atoms with E-state index in [4.69, 9.17) is 0 Å². The van der Waals surface area contributed by atoms with E-state index < -0.39 is 29.7 Å². The Morgan fingerprint density at radius 2 is 1.93 bits per heavy atom. The van der Waals surface area contributed by atoms with Gasteiger partial charge in [-0.05, 0) is 43.9 Å². The van der Waals surface area contributed by atoms with E-state index in [0.717, 1.165) is 29.6 Å². The number of fused-ring (bicyclic) bond motifs is 1. The van der Waals surface area contributed by atoms with Gasteiger partial charge in [-0.3, -0.25) is 4.79 Å². The zero-order valence-corrected chi connectivity index (χ0v) is 15.6. The van der Waals surface area contributed by atoms with E-state index in [9.17, 15) is 30.0 Å². The lowest BCUT2D eigenvalue weighted by Gasteiger charge is -2.39. The van der Waals surface area contributed by atoms with Crippen molar-refractivity contribution >= 4 is 22.6 Å². The zero-order valence-electron chi connectivity index (χ0n) is 15.6. The average molecular weight is 388 g/mol. The maximum atomic E-state index is 12.7. The molecule has 8 nitrogen and oxygen atoms in total. The summed E-state index contributed by atoms with van der Waals surface area (Å²) in [5.41, 5.74) is 1.70. The fourth-order valence-corrected chi connectivity index (χ4v) is 4.23. The average Bonchev–Trinajstić information content (AvgIpc) is 3.48. The molecule has 1 aromatic heterocycles. The summed E-state index contributed by atoms with van der Waals surface area (Å²) in [7, 11) is 0. The molecule has 2 heterocycles. The standard InChI is InChI=1S/C20H24N2O6/c1-10-15(21-7-6-16(23)13(8-21)19(25)26)5-4-12-17(10)22(11-2-3-11)9-14(18(12)24)20(27)28/h4-5,9,11,13,16,19,23,25-26H,2-3,6-8H2,1H3,(H,27,28). The van der Waals surface area contributed by atoms with Crippen LogP contribution in [0.15, 0.2) is 23.1 Å². The van der Waals surface area contributed by atoms with Gasteiger partial charge in [-0.2, -0.15) is 0 Å².